The molecule has 0 saturated heterocycles. The number of rotatable bonds is 4. The molecule has 2 nitrogen and oxygen atoms in total. The van der Waals surface area contributed by atoms with E-state index in [-0.39, 0.29) is 17.8 Å². The number of hydrogen-bond donors (Lipinski definition) is 1. The quantitative estimate of drug-likeness (QED) is 0.732. The highest BCUT2D eigenvalue weighted by Gasteiger charge is 2.30. The second-order valence-corrected chi connectivity index (χ2v) is 5.34. The molecule has 0 aromatic carbocycles. The molecule has 2 heteroatoms. The topological polar surface area (TPSA) is 37.3 Å². The smallest absolute Gasteiger partial charge is 0.137 e. The fourth-order valence-corrected chi connectivity index (χ4v) is 1.02. The van der Waals surface area contributed by atoms with Crippen LogP contribution in [-0.2, 0) is 4.79 Å². The maximum atomic E-state index is 11.3. The zero-order valence-corrected chi connectivity index (χ0v) is 9.48. The Kier molecular flexibility index (Phi) is 4.11. The predicted molar refractivity (Wildman–Crippen MR) is 54.6 cm³/mol. The number of ketones is 1. The van der Waals surface area contributed by atoms with Gasteiger partial charge in [0.2, 0.25) is 0 Å². The maximum Gasteiger partial charge on any atom is 0.137 e. The lowest BCUT2D eigenvalue weighted by molar-refractivity contribution is -0.128. The second-order valence-electron chi connectivity index (χ2n) is 5.34. The predicted octanol–water partition coefficient (Wildman–Crippen LogP) is 2.40. The van der Waals surface area contributed by atoms with Gasteiger partial charge in [0.25, 0.3) is 0 Å². The van der Waals surface area contributed by atoms with Gasteiger partial charge in [-0.05, 0) is 25.2 Å². The minimum atomic E-state index is -0.534. The fraction of sp³-hybridized carbons (Fsp3) is 0.909. The van der Waals surface area contributed by atoms with E-state index in [2.05, 4.69) is 20.8 Å². The van der Waals surface area contributed by atoms with Crippen LogP contribution in [0, 0.1) is 10.8 Å². The van der Waals surface area contributed by atoms with Gasteiger partial charge in [-0.15, -0.1) is 0 Å². The summed E-state index contributed by atoms with van der Waals surface area (Å²) in [7, 11) is 0. The molecule has 0 bridgehead atoms. The zero-order valence-electron chi connectivity index (χ0n) is 9.48. The second kappa shape index (κ2) is 4.23. The van der Waals surface area contributed by atoms with Gasteiger partial charge in [-0.2, -0.15) is 0 Å². The van der Waals surface area contributed by atoms with E-state index in [1.54, 1.807) is 6.92 Å². The number of carbonyl (C=O) groups excluding carboxylic acids is 1. The van der Waals surface area contributed by atoms with Crippen LogP contribution in [0.15, 0.2) is 0 Å². The monoisotopic (exact) mass is 186 g/mol. The highest BCUT2D eigenvalue weighted by molar-refractivity contribution is 5.81. The van der Waals surface area contributed by atoms with Crippen molar-refractivity contribution < 1.29 is 9.90 Å². The molecule has 0 aliphatic carbocycles. The van der Waals surface area contributed by atoms with Crippen molar-refractivity contribution in [1.82, 2.24) is 0 Å². The van der Waals surface area contributed by atoms with Crippen LogP contribution in [0.3, 0.4) is 0 Å². The molecule has 0 rings (SSSR count). The summed E-state index contributed by atoms with van der Waals surface area (Å²) in [6, 6.07) is 0. The molecular weight excluding hydrogens is 164 g/mol. The summed E-state index contributed by atoms with van der Waals surface area (Å²) in [5.74, 6) is 0.0826. The minimum absolute atomic E-state index is 0.0432. The summed E-state index contributed by atoms with van der Waals surface area (Å²) < 4.78 is 0. The van der Waals surface area contributed by atoms with Gasteiger partial charge in [0.15, 0.2) is 0 Å². The van der Waals surface area contributed by atoms with Crippen LogP contribution >= 0.6 is 0 Å². The summed E-state index contributed by atoms with van der Waals surface area (Å²) >= 11 is 0. The molecule has 0 amide bonds. The van der Waals surface area contributed by atoms with Gasteiger partial charge in [-0.1, -0.05) is 27.7 Å². The third-order valence-corrected chi connectivity index (χ3v) is 2.63. The van der Waals surface area contributed by atoms with Gasteiger partial charge in [-0.3, -0.25) is 4.79 Å². The minimum Gasteiger partial charge on any atom is -0.395 e. The van der Waals surface area contributed by atoms with Gasteiger partial charge >= 0.3 is 0 Å². The highest BCUT2D eigenvalue weighted by atomic mass is 16.3. The molecule has 0 aliphatic rings. The van der Waals surface area contributed by atoms with Crippen molar-refractivity contribution in [3.63, 3.8) is 0 Å². The van der Waals surface area contributed by atoms with Crippen molar-refractivity contribution in [2.75, 3.05) is 6.61 Å². The Bertz CT molecular complexity index is 179. The van der Waals surface area contributed by atoms with E-state index < -0.39 is 5.41 Å². The first kappa shape index (κ1) is 12.6. The Hall–Kier alpha value is -0.370. The maximum absolute atomic E-state index is 11.3. The Morgan fingerprint density at radius 1 is 1.15 bits per heavy atom. The Balaban J connectivity index is 4.22. The SMILES string of the molecule is CC(=O)C(C)(CO)CCC(C)(C)C. The highest BCUT2D eigenvalue weighted by Crippen LogP contribution is 2.30. The average molecular weight is 186 g/mol. The Labute approximate surface area is 81.3 Å². The summed E-state index contributed by atoms with van der Waals surface area (Å²) in [6.45, 7) is 9.78. The number of aliphatic hydroxyl groups is 1. The average Bonchev–Trinajstić information content (AvgIpc) is 1.98. The summed E-state index contributed by atoms with van der Waals surface area (Å²) in [6.07, 6.45) is 1.73. The van der Waals surface area contributed by atoms with E-state index in [1.165, 1.54) is 0 Å². The molecule has 0 saturated carbocycles. The van der Waals surface area contributed by atoms with E-state index >= 15 is 0 Å². The third kappa shape index (κ3) is 4.41. The molecular formula is C11H22O2. The molecule has 0 aliphatic heterocycles. The molecule has 0 aromatic rings. The standard InChI is InChI=1S/C11H22O2/c1-9(13)11(5,8-12)7-6-10(2,3)4/h12H,6-8H2,1-5H3. The van der Waals surface area contributed by atoms with Crippen molar-refractivity contribution in [3.8, 4) is 0 Å². The molecule has 0 spiro atoms. The molecule has 0 fully saturated rings. The molecule has 0 radical (unpaired) electrons. The fourth-order valence-electron chi connectivity index (χ4n) is 1.02. The van der Waals surface area contributed by atoms with Gasteiger partial charge in [-0.25, -0.2) is 0 Å². The van der Waals surface area contributed by atoms with E-state index in [1.807, 2.05) is 6.92 Å². The first-order chi connectivity index (χ1) is 5.71. The van der Waals surface area contributed by atoms with Crippen LogP contribution in [0.4, 0.5) is 0 Å². The number of carbonyl (C=O) groups is 1. The van der Waals surface area contributed by atoms with Crippen LogP contribution in [0.5, 0.6) is 0 Å². The van der Waals surface area contributed by atoms with E-state index in [0.29, 0.717) is 0 Å². The van der Waals surface area contributed by atoms with Gasteiger partial charge in [0, 0.05) is 5.41 Å². The van der Waals surface area contributed by atoms with Gasteiger partial charge in [0.1, 0.15) is 5.78 Å². The van der Waals surface area contributed by atoms with Crippen molar-refractivity contribution in [2.24, 2.45) is 10.8 Å². The lowest BCUT2D eigenvalue weighted by Crippen LogP contribution is -2.31. The Morgan fingerprint density at radius 2 is 1.62 bits per heavy atom. The van der Waals surface area contributed by atoms with Crippen molar-refractivity contribution >= 4 is 5.78 Å². The van der Waals surface area contributed by atoms with E-state index in [4.69, 9.17) is 5.11 Å². The molecule has 1 N–H and O–H groups in total. The van der Waals surface area contributed by atoms with E-state index in [0.717, 1.165) is 12.8 Å². The van der Waals surface area contributed by atoms with Crippen LogP contribution in [-0.4, -0.2) is 17.5 Å². The number of aliphatic hydroxyl groups excluding tert-OH is 1. The van der Waals surface area contributed by atoms with Crippen LogP contribution < -0.4 is 0 Å². The van der Waals surface area contributed by atoms with Gasteiger partial charge in [0.05, 0.1) is 6.61 Å². The van der Waals surface area contributed by atoms with Crippen LogP contribution in [0.25, 0.3) is 0 Å². The molecule has 0 aromatic heterocycles. The van der Waals surface area contributed by atoms with E-state index in [9.17, 15) is 4.79 Å². The number of hydrogen-bond acceptors (Lipinski definition) is 2. The lowest BCUT2D eigenvalue weighted by Gasteiger charge is -2.28. The van der Waals surface area contributed by atoms with Crippen LogP contribution in [0.2, 0.25) is 0 Å². The van der Waals surface area contributed by atoms with Crippen molar-refractivity contribution in [2.45, 2.75) is 47.5 Å². The molecule has 13 heavy (non-hydrogen) atoms. The lowest BCUT2D eigenvalue weighted by atomic mass is 9.77. The zero-order chi connectivity index (χ0) is 10.7. The molecule has 1 unspecified atom stereocenters. The van der Waals surface area contributed by atoms with Crippen LogP contribution in [0.1, 0.15) is 47.5 Å². The van der Waals surface area contributed by atoms with Crippen molar-refractivity contribution in [1.29, 1.82) is 0 Å². The van der Waals surface area contributed by atoms with Crippen molar-refractivity contribution in [3.05, 3.63) is 0 Å². The summed E-state index contributed by atoms with van der Waals surface area (Å²) in [4.78, 5) is 11.3. The summed E-state index contributed by atoms with van der Waals surface area (Å²) in [5.41, 5.74) is -0.306. The Morgan fingerprint density at radius 3 is 1.85 bits per heavy atom. The first-order valence-corrected chi connectivity index (χ1v) is 4.83. The molecule has 78 valence electrons. The molecule has 0 heterocycles. The third-order valence-electron chi connectivity index (χ3n) is 2.63. The van der Waals surface area contributed by atoms with Gasteiger partial charge < -0.3 is 5.11 Å². The number of Topliss-reactive ketones (excluding diaryl/α,β-unsaturated/α-hetero) is 1. The first-order valence-electron chi connectivity index (χ1n) is 4.83. The summed E-state index contributed by atoms with van der Waals surface area (Å²) in [5, 5.41) is 9.13. The normalized spacial score (nSPS) is 16.8. The molecule has 1 atom stereocenters. The largest absolute Gasteiger partial charge is 0.395 e.